The molecule has 23 heavy (non-hydrogen) atoms. The van der Waals surface area contributed by atoms with Crippen molar-refractivity contribution in [2.24, 2.45) is 0 Å². The van der Waals surface area contributed by atoms with Gasteiger partial charge < -0.3 is 14.8 Å². The Balaban J connectivity index is 1.81. The van der Waals surface area contributed by atoms with Crippen LogP contribution in [0.2, 0.25) is 0 Å². The molecule has 1 fully saturated rings. The molecule has 0 amide bonds. The Morgan fingerprint density at radius 3 is 2.78 bits per heavy atom. The van der Waals surface area contributed by atoms with Crippen molar-refractivity contribution in [1.82, 2.24) is 10.0 Å². The maximum atomic E-state index is 12.7. The zero-order valence-electron chi connectivity index (χ0n) is 13.4. The number of sulfonamides is 1. The lowest BCUT2D eigenvalue weighted by molar-refractivity contribution is 0.0324. The van der Waals surface area contributed by atoms with E-state index < -0.39 is 10.0 Å². The van der Waals surface area contributed by atoms with Crippen molar-refractivity contribution in [3.8, 4) is 5.75 Å². The highest BCUT2D eigenvalue weighted by Crippen LogP contribution is 2.34. The van der Waals surface area contributed by atoms with E-state index in [9.17, 15) is 8.42 Å². The average Bonchev–Trinajstić information content (AvgIpc) is 2.60. The monoisotopic (exact) mass is 340 g/mol. The van der Waals surface area contributed by atoms with Gasteiger partial charge >= 0.3 is 0 Å². The minimum atomic E-state index is -3.54. The summed E-state index contributed by atoms with van der Waals surface area (Å²) in [7, 11) is -1.91. The van der Waals surface area contributed by atoms with Crippen molar-refractivity contribution in [2.75, 3.05) is 33.4 Å². The number of fused-ring (bicyclic) bond motifs is 1. The van der Waals surface area contributed by atoms with Gasteiger partial charge in [0.1, 0.15) is 5.75 Å². The van der Waals surface area contributed by atoms with Gasteiger partial charge in [0.15, 0.2) is 0 Å². The van der Waals surface area contributed by atoms with Crippen molar-refractivity contribution < 1.29 is 17.9 Å². The van der Waals surface area contributed by atoms with Crippen LogP contribution in [-0.4, -0.2) is 47.9 Å². The first kappa shape index (κ1) is 16.7. The van der Waals surface area contributed by atoms with Gasteiger partial charge in [-0.25, -0.2) is 13.1 Å². The van der Waals surface area contributed by atoms with Gasteiger partial charge in [-0.05, 0) is 48.9 Å². The third-order valence-electron chi connectivity index (χ3n) is 4.46. The third kappa shape index (κ3) is 3.68. The number of benzene rings is 1. The van der Waals surface area contributed by atoms with E-state index in [1.165, 1.54) is 0 Å². The minimum absolute atomic E-state index is 0.118. The van der Waals surface area contributed by atoms with Gasteiger partial charge in [0.2, 0.25) is 10.0 Å². The second-order valence-corrected chi connectivity index (χ2v) is 7.71. The molecule has 1 aromatic carbocycles. The second-order valence-electron chi connectivity index (χ2n) is 5.98. The van der Waals surface area contributed by atoms with Gasteiger partial charge in [0, 0.05) is 19.6 Å². The number of morpholine rings is 1. The van der Waals surface area contributed by atoms with Crippen molar-refractivity contribution in [2.45, 2.75) is 36.7 Å². The molecule has 0 saturated carbocycles. The molecular weight excluding hydrogens is 316 g/mol. The van der Waals surface area contributed by atoms with Crippen molar-refractivity contribution in [3.63, 3.8) is 0 Å². The summed E-state index contributed by atoms with van der Waals surface area (Å²) in [5, 5.41) is 3.20. The number of ether oxygens (including phenoxy) is 2. The van der Waals surface area contributed by atoms with Crippen LogP contribution in [0.25, 0.3) is 0 Å². The van der Waals surface area contributed by atoms with E-state index >= 15 is 0 Å². The number of nitrogens with one attached hydrogen (secondary N) is 2. The molecule has 1 atom stereocenters. The van der Waals surface area contributed by atoms with Crippen molar-refractivity contribution in [3.05, 3.63) is 23.3 Å². The fourth-order valence-electron chi connectivity index (χ4n) is 3.28. The summed E-state index contributed by atoms with van der Waals surface area (Å²) in [5.41, 5.74) is 1.95. The number of hydrogen-bond donors (Lipinski definition) is 2. The first-order chi connectivity index (χ1) is 11.1. The first-order valence-corrected chi connectivity index (χ1v) is 9.61. The van der Waals surface area contributed by atoms with Gasteiger partial charge in [-0.1, -0.05) is 0 Å². The molecule has 6 nitrogen and oxygen atoms in total. The number of hydrogen-bond acceptors (Lipinski definition) is 5. The molecule has 1 aromatic rings. The molecule has 0 spiro atoms. The maximum Gasteiger partial charge on any atom is 0.240 e. The van der Waals surface area contributed by atoms with E-state index in [4.69, 9.17) is 9.47 Å². The van der Waals surface area contributed by atoms with Gasteiger partial charge in [-0.15, -0.1) is 0 Å². The summed E-state index contributed by atoms with van der Waals surface area (Å²) >= 11 is 0. The van der Waals surface area contributed by atoms with E-state index in [1.54, 1.807) is 19.2 Å². The highest BCUT2D eigenvalue weighted by Gasteiger charge is 2.26. The molecule has 0 aromatic heterocycles. The fourth-order valence-corrected chi connectivity index (χ4v) is 4.63. The normalized spacial score (nSPS) is 21.7. The van der Waals surface area contributed by atoms with Crippen LogP contribution < -0.4 is 14.8 Å². The van der Waals surface area contributed by atoms with Crippen LogP contribution in [0.4, 0.5) is 0 Å². The van der Waals surface area contributed by atoms with Crippen LogP contribution in [0.15, 0.2) is 17.0 Å². The van der Waals surface area contributed by atoms with Crippen LogP contribution in [0.3, 0.4) is 0 Å². The second kappa shape index (κ2) is 7.17. The first-order valence-electron chi connectivity index (χ1n) is 8.12. The Labute approximate surface area is 137 Å². The van der Waals surface area contributed by atoms with Crippen molar-refractivity contribution >= 4 is 10.0 Å². The Morgan fingerprint density at radius 1 is 1.30 bits per heavy atom. The van der Waals surface area contributed by atoms with Gasteiger partial charge in [-0.3, -0.25) is 0 Å². The largest absolute Gasteiger partial charge is 0.496 e. The zero-order valence-corrected chi connectivity index (χ0v) is 14.2. The Bertz CT molecular complexity index is 654. The van der Waals surface area contributed by atoms with Gasteiger partial charge in [-0.2, -0.15) is 0 Å². The summed E-state index contributed by atoms with van der Waals surface area (Å²) in [6.45, 7) is 2.39. The molecule has 3 rings (SSSR count). The summed E-state index contributed by atoms with van der Waals surface area (Å²) < 4.78 is 39.1. The highest BCUT2D eigenvalue weighted by molar-refractivity contribution is 7.89. The molecule has 1 aliphatic carbocycles. The summed E-state index contributed by atoms with van der Waals surface area (Å²) in [5.74, 6) is 0.790. The third-order valence-corrected chi connectivity index (χ3v) is 5.97. The molecule has 1 heterocycles. The summed E-state index contributed by atoms with van der Waals surface area (Å²) in [6.07, 6.45) is 3.62. The van der Waals surface area contributed by atoms with Crippen LogP contribution in [-0.2, 0) is 27.6 Å². The lowest BCUT2D eigenvalue weighted by Crippen LogP contribution is -2.45. The Hall–Kier alpha value is -1.15. The summed E-state index contributed by atoms with van der Waals surface area (Å²) in [6, 6.07) is 3.42. The molecule has 128 valence electrons. The molecule has 0 bridgehead atoms. The van der Waals surface area contributed by atoms with Crippen LogP contribution >= 0.6 is 0 Å². The molecule has 2 aliphatic rings. The summed E-state index contributed by atoms with van der Waals surface area (Å²) in [4.78, 5) is 0.386. The van der Waals surface area contributed by atoms with Crippen LogP contribution in [0, 0.1) is 0 Å². The lowest BCUT2D eigenvalue weighted by Gasteiger charge is -2.25. The lowest BCUT2D eigenvalue weighted by atomic mass is 9.91. The predicted octanol–water partition coefficient (Wildman–Crippen LogP) is 0.841. The van der Waals surface area contributed by atoms with E-state index in [0.29, 0.717) is 18.0 Å². The minimum Gasteiger partial charge on any atom is -0.496 e. The Kier molecular flexibility index (Phi) is 5.21. The van der Waals surface area contributed by atoms with E-state index in [0.717, 1.165) is 49.1 Å². The van der Waals surface area contributed by atoms with Crippen LogP contribution in [0.5, 0.6) is 5.75 Å². The van der Waals surface area contributed by atoms with E-state index in [1.807, 2.05) is 0 Å². The fraction of sp³-hybridized carbons (Fsp3) is 0.625. The SMILES string of the molecule is COc1ccc(S(=O)(=O)NC[C@@H]2CNCCO2)c2c1CCCC2. The maximum absolute atomic E-state index is 12.7. The quantitative estimate of drug-likeness (QED) is 0.831. The average molecular weight is 340 g/mol. The smallest absolute Gasteiger partial charge is 0.240 e. The molecule has 1 saturated heterocycles. The standard InChI is InChI=1S/C16H24N2O4S/c1-21-15-6-7-16(14-5-3-2-4-13(14)15)23(19,20)18-11-12-10-17-8-9-22-12/h6-7,12,17-18H,2-5,8-11H2,1H3/t12-/m0/s1. The van der Waals surface area contributed by atoms with Gasteiger partial charge in [0.05, 0.1) is 24.7 Å². The predicted molar refractivity (Wildman–Crippen MR) is 87.4 cm³/mol. The molecular formula is C16H24N2O4S. The zero-order chi connectivity index (χ0) is 16.3. The molecule has 0 unspecified atom stereocenters. The topological polar surface area (TPSA) is 76.7 Å². The number of rotatable bonds is 5. The highest BCUT2D eigenvalue weighted by atomic mass is 32.2. The molecule has 1 aliphatic heterocycles. The van der Waals surface area contributed by atoms with Gasteiger partial charge in [0.25, 0.3) is 0 Å². The Morgan fingerprint density at radius 2 is 2.09 bits per heavy atom. The molecule has 2 N–H and O–H groups in total. The van der Waals surface area contributed by atoms with E-state index in [-0.39, 0.29) is 12.6 Å². The van der Waals surface area contributed by atoms with Crippen LogP contribution in [0.1, 0.15) is 24.0 Å². The van der Waals surface area contributed by atoms with E-state index in [2.05, 4.69) is 10.0 Å². The molecule has 0 radical (unpaired) electrons. The number of methoxy groups -OCH3 is 1. The molecule has 7 heteroatoms. The van der Waals surface area contributed by atoms with Crippen molar-refractivity contribution in [1.29, 1.82) is 0 Å².